The zero-order valence-corrected chi connectivity index (χ0v) is 32.9. The summed E-state index contributed by atoms with van der Waals surface area (Å²) in [6.45, 7) is 13.8. The Morgan fingerprint density at radius 2 is 1.63 bits per heavy atom. The van der Waals surface area contributed by atoms with Gasteiger partial charge in [-0.3, -0.25) is 24.0 Å². The molecule has 0 aromatic heterocycles. The summed E-state index contributed by atoms with van der Waals surface area (Å²) in [5, 5.41) is 13.0. The first-order valence-electron chi connectivity index (χ1n) is 18.6. The van der Waals surface area contributed by atoms with Gasteiger partial charge < -0.3 is 29.7 Å². The standard InChI is InChI=1S/C40H65N3O8/c1-12-26(4)36(42(9)38(47)30(25(2)3)23-34(45)40(6,7)41-8)33(50-10)24-35(46)43-20-16-19-31(43)37(51-11)27(5)32(44)22-29(39(48)49)21-28-17-14-13-15-18-28/h13-15,17-18,25-27,29-31,33,36-37,41H,12,16,19-24H2,1-11H3,(H,48,49)/t26-,27-,29-,30-,31-,33+,36-,37+/m0/s1. The van der Waals surface area contributed by atoms with E-state index in [4.69, 9.17) is 9.47 Å². The minimum absolute atomic E-state index is 0.00854. The Labute approximate surface area is 306 Å². The van der Waals surface area contributed by atoms with Gasteiger partial charge in [0.1, 0.15) is 5.78 Å². The van der Waals surface area contributed by atoms with Crippen molar-refractivity contribution in [2.75, 3.05) is 34.9 Å². The molecule has 1 fully saturated rings. The molecule has 2 rings (SSSR count). The number of carboxylic acids is 1. The van der Waals surface area contributed by atoms with E-state index >= 15 is 0 Å². The van der Waals surface area contributed by atoms with Crippen LogP contribution in [0.2, 0.25) is 0 Å². The molecule has 1 aliphatic heterocycles. The van der Waals surface area contributed by atoms with Gasteiger partial charge in [-0.25, -0.2) is 0 Å². The third kappa shape index (κ3) is 11.7. The molecule has 1 aromatic rings. The number of carbonyl (C=O) groups excluding carboxylic acids is 4. The van der Waals surface area contributed by atoms with Crippen molar-refractivity contribution in [3.8, 4) is 0 Å². The monoisotopic (exact) mass is 715 g/mol. The number of Topliss-reactive ketones (excluding diaryl/α,β-unsaturated/α-hetero) is 2. The zero-order chi connectivity index (χ0) is 38.6. The molecule has 2 N–H and O–H groups in total. The van der Waals surface area contributed by atoms with Crippen LogP contribution in [0.5, 0.6) is 0 Å². The molecule has 1 heterocycles. The molecule has 8 atom stereocenters. The summed E-state index contributed by atoms with van der Waals surface area (Å²) in [4.78, 5) is 70.5. The SMILES string of the molecule is CC[C@H](C)[C@@H]([C@@H](CC(=O)N1CCC[C@H]1[C@H](OC)[C@@H](C)C(=O)C[C@H](Cc1ccccc1)C(=O)O)OC)N(C)C(=O)[C@@H](CC(=O)C(C)(C)NC)C(C)C. The average molecular weight is 716 g/mol. The summed E-state index contributed by atoms with van der Waals surface area (Å²) in [6.07, 6.45) is 1.13. The van der Waals surface area contributed by atoms with Crippen LogP contribution in [-0.2, 0) is 39.9 Å². The van der Waals surface area contributed by atoms with Crippen molar-refractivity contribution in [3.05, 3.63) is 35.9 Å². The molecule has 0 aliphatic carbocycles. The van der Waals surface area contributed by atoms with E-state index in [2.05, 4.69) is 5.32 Å². The normalized spacial score (nSPS) is 19.1. The van der Waals surface area contributed by atoms with E-state index in [1.165, 1.54) is 7.11 Å². The number of likely N-dealkylation sites (N-methyl/N-ethyl adjacent to an activating group) is 2. The topological polar surface area (TPSA) is 143 Å². The molecule has 0 spiro atoms. The number of carbonyl (C=O) groups is 5. The molecule has 0 saturated carbocycles. The van der Waals surface area contributed by atoms with Crippen LogP contribution in [0.4, 0.5) is 0 Å². The number of ketones is 2. The van der Waals surface area contributed by atoms with Crippen LogP contribution < -0.4 is 5.32 Å². The maximum Gasteiger partial charge on any atom is 0.307 e. The summed E-state index contributed by atoms with van der Waals surface area (Å²) in [5.41, 5.74) is 0.0842. The average Bonchev–Trinajstić information content (AvgIpc) is 3.59. The maximum atomic E-state index is 14.1. The van der Waals surface area contributed by atoms with Crippen molar-refractivity contribution in [2.24, 2.45) is 29.6 Å². The van der Waals surface area contributed by atoms with Crippen molar-refractivity contribution in [1.29, 1.82) is 0 Å². The fourth-order valence-corrected chi connectivity index (χ4v) is 7.38. The second-order valence-electron chi connectivity index (χ2n) is 15.3. The van der Waals surface area contributed by atoms with Crippen molar-refractivity contribution in [2.45, 2.75) is 123 Å². The molecule has 11 heteroatoms. The Morgan fingerprint density at radius 3 is 2.14 bits per heavy atom. The van der Waals surface area contributed by atoms with Gasteiger partial charge in [-0.05, 0) is 57.6 Å². The van der Waals surface area contributed by atoms with Crippen LogP contribution in [0.1, 0.15) is 92.6 Å². The van der Waals surface area contributed by atoms with Crippen molar-refractivity contribution >= 4 is 29.4 Å². The van der Waals surface area contributed by atoms with Gasteiger partial charge in [0.25, 0.3) is 0 Å². The van der Waals surface area contributed by atoms with Crippen LogP contribution >= 0.6 is 0 Å². The van der Waals surface area contributed by atoms with Crippen LogP contribution in [0.25, 0.3) is 0 Å². The van der Waals surface area contributed by atoms with Gasteiger partial charge in [-0.1, -0.05) is 71.4 Å². The van der Waals surface area contributed by atoms with E-state index < -0.39 is 47.5 Å². The van der Waals surface area contributed by atoms with Crippen molar-refractivity contribution in [3.63, 3.8) is 0 Å². The van der Waals surface area contributed by atoms with E-state index in [1.807, 2.05) is 71.9 Å². The van der Waals surface area contributed by atoms with Gasteiger partial charge in [0.15, 0.2) is 5.78 Å². The molecule has 1 aromatic carbocycles. The highest BCUT2D eigenvalue weighted by Gasteiger charge is 2.43. The molecule has 0 bridgehead atoms. The molecule has 1 aliphatic rings. The Kier molecular flexibility index (Phi) is 17.4. The third-order valence-electron chi connectivity index (χ3n) is 11.3. The molecule has 0 unspecified atom stereocenters. The van der Waals surface area contributed by atoms with E-state index in [-0.39, 0.29) is 66.9 Å². The number of rotatable bonds is 22. The lowest BCUT2D eigenvalue weighted by molar-refractivity contribution is -0.149. The molecule has 2 amide bonds. The van der Waals surface area contributed by atoms with Crippen LogP contribution in [0.3, 0.4) is 0 Å². The van der Waals surface area contributed by atoms with Gasteiger partial charge in [-0.2, -0.15) is 0 Å². The van der Waals surface area contributed by atoms with E-state index in [0.717, 1.165) is 18.4 Å². The quantitative estimate of drug-likeness (QED) is 0.169. The summed E-state index contributed by atoms with van der Waals surface area (Å²) in [7, 11) is 6.56. The fourth-order valence-electron chi connectivity index (χ4n) is 7.38. The Hall–Kier alpha value is -3.15. The first-order chi connectivity index (χ1) is 23.9. The second kappa shape index (κ2) is 20.2. The van der Waals surface area contributed by atoms with E-state index in [0.29, 0.717) is 13.0 Å². The first kappa shape index (κ1) is 44.0. The number of amides is 2. The van der Waals surface area contributed by atoms with Crippen molar-refractivity contribution < 1.29 is 38.6 Å². The third-order valence-corrected chi connectivity index (χ3v) is 11.3. The molecule has 288 valence electrons. The highest BCUT2D eigenvalue weighted by atomic mass is 16.5. The molecule has 11 nitrogen and oxygen atoms in total. The highest BCUT2D eigenvalue weighted by Crippen LogP contribution is 2.31. The largest absolute Gasteiger partial charge is 0.481 e. The van der Waals surface area contributed by atoms with Crippen LogP contribution in [0.15, 0.2) is 30.3 Å². The Balaban J connectivity index is 2.26. The van der Waals surface area contributed by atoms with Crippen molar-refractivity contribution in [1.82, 2.24) is 15.1 Å². The molecule has 1 saturated heterocycles. The van der Waals surface area contributed by atoms with Gasteiger partial charge in [-0.15, -0.1) is 0 Å². The van der Waals surface area contributed by atoms with Gasteiger partial charge in [0, 0.05) is 52.5 Å². The van der Waals surface area contributed by atoms with Crippen LogP contribution in [0, 0.1) is 29.6 Å². The minimum atomic E-state index is -1.02. The van der Waals surface area contributed by atoms with E-state index in [1.54, 1.807) is 37.9 Å². The molecule has 0 radical (unpaired) electrons. The molecule has 51 heavy (non-hydrogen) atoms. The number of hydrogen-bond acceptors (Lipinski definition) is 8. The number of carboxylic acid groups (broad SMARTS) is 1. The Morgan fingerprint density at radius 1 is 1.00 bits per heavy atom. The lowest BCUT2D eigenvalue weighted by Gasteiger charge is -2.41. The fraction of sp³-hybridized carbons (Fsp3) is 0.725. The number of benzene rings is 1. The molecular formula is C40H65N3O8. The second-order valence-corrected chi connectivity index (χ2v) is 15.3. The smallest absolute Gasteiger partial charge is 0.307 e. The Bertz CT molecular complexity index is 1300. The lowest BCUT2D eigenvalue weighted by Crippen LogP contribution is -2.54. The zero-order valence-electron chi connectivity index (χ0n) is 32.9. The van der Waals surface area contributed by atoms with E-state index in [9.17, 15) is 29.1 Å². The summed E-state index contributed by atoms with van der Waals surface area (Å²) in [6, 6.07) is 8.46. The number of hydrogen-bond donors (Lipinski definition) is 2. The number of nitrogens with one attached hydrogen (secondary N) is 1. The number of likely N-dealkylation sites (tertiary alicyclic amines) is 1. The van der Waals surface area contributed by atoms with Crippen LogP contribution in [-0.4, -0.2) is 109 Å². The maximum absolute atomic E-state index is 14.1. The predicted octanol–water partition coefficient (Wildman–Crippen LogP) is 5.04. The van der Waals surface area contributed by atoms with Gasteiger partial charge in [0.05, 0.1) is 42.2 Å². The molecular weight excluding hydrogens is 650 g/mol. The highest BCUT2D eigenvalue weighted by molar-refractivity contribution is 5.92. The lowest BCUT2D eigenvalue weighted by atomic mass is 9.83. The number of nitrogens with zero attached hydrogens (tertiary/aromatic N) is 2. The minimum Gasteiger partial charge on any atom is -0.481 e. The number of ether oxygens (including phenoxy) is 2. The first-order valence-corrected chi connectivity index (χ1v) is 18.6. The van der Waals surface area contributed by atoms with Gasteiger partial charge in [0.2, 0.25) is 11.8 Å². The predicted molar refractivity (Wildman–Crippen MR) is 198 cm³/mol. The number of aliphatic carboxylic acids is 1. The van der Waals surface area contributed by atoms with Gasteiger partial charge >= 0.3 is 5.97 Å². The summed E-state index contributed by atoms with van der Waals surface area (Å²) < 4.78 is 11.9. The number of methoxy groups -OCH3 is 2. The summed E-state index contributed by atoms with van der Waals surface area (Å²) in [5.74, 6) is -3.72. The summed E-state index contributed by atoms with van der Waals surface area (Å²) >= 11 is 0.